The average Bonchev–Trinajstić information content (AvgIpc) is 2.96. The molecule has 2 atom stereocenters. The summed E-state index contributed by atoms with van der Waals surface area (Å²) in [5.74, 6) is 2.19. The first-order chi connectivity index (χ1) is 9.50. The Morgan fingerprint density at radius 3 is 3.00 bits per heavy atom. The molecule has 20 heavy (non-hydrogen) atoms. The zero-order valence-corrected chi connectivity index (χ0v) is 13.8. The van der Waals surface area contributed by atoms with Crippen LogP contribution in [0.1, 0.15) is 43.5 Å². The van der Waals surface area contributed by atoms with Crippen molar-refractivity contribution in [3.63, 3.8) is 0 Å². The van der Waals surface area contributed by atoms with E-state index in [0.29, 0.717) is 0 Å². The molecular weight excluding hydrogens is 290 g/mol. The number of pyridine rings is 1. The van der Waals surface area contributed by atoms with Crippen LogP contribution >= 0.6 is 23.4 Å². The Morgan fingerprint density at radius 2 is 2.35 bits per heavy atom. The van der Waals surface area contributed by atoms with E-state index in [0.717, 1.165) is 29.1 Å². The summed E-state index contributed by atoms with van der Waals surface area (Å²) in [5.41, 5.74) is 3.12. The summed E-state index contributed by atoms with van der Waals surface area (Å²) in [4.78, 5) is 9.29. The highest BCUT2D eigenvalue weighted by molar-refractivity contribution is 8.00. The molecule has 0 aliphatic carbocycles. The lowest BCUT2D eigenvalue weighted by Crippen LogP contribution is -2.25. The van der Waals surface area contributed by atoms with Crippen molar-refractivity contribution in [2.45, 2.75) is 50.3 Å². The van der Waals surface area contributed by atoms with Gasteiger partial charge in [-0.05, 0) is 51.0 Å². The van der Waals surface area contributed by atoms with Gasteiger partial charge in [-0.25, -0.2) is 9.97 Å². The summed E-state index contributed by atoms with van der Waals surface area (Å²) >= 11 is 8.40. The number of aromatic nitrogens is 3. The van der Waals surface area contributed by atoms with Gasteiger partial charge in [0.1, 0.15) is 11.3 Å². The van der Waals surface area contributed by atoms with Crippen molar-refractivity contribution < 1.29 is 0 Å². The van der Waals surface area contributed by atoms with E-state index < -0.39 is 0 Å². The molecular formula is C15H20ClN3S. The first-order valence-corrected chi connectivity index (χ1v) is 8.52. The largest absolute Gasteiger partial charge is 0.310 e. The summed E-state index contributed by atoms with van der Waals surface area (Å²) in [6.07, 6.45) is 4.41. The second kappa shape index (κ2) is 5.23. The molecule has 0 aromatic carbocycles. The predicted molar refractivity (Wildman–Crippen MR) is 86.6 cm³/mol. The zero-order valence-electron chi connectivity index (χ0n) is 12.2. The maximum Gasteiger partial charge on any atom is 0.160 e. The number of thioether (sulfide) groups is 1. The van der Waals surface area contributed by atoms with Crippen molar-refractivity contribution in [1.82, 2.24) is 14.5 Å². The molecule has 1 saturated heterocycles. The molecule has 0 amide bonds. The Bertz CT molecular complexity index is 629. The number of aryl methyl sites for hydroxylation is 1. The van der Waals surface area contributed by atoms with Crippen LogP contribution in [0.15, 0.2) is 12.3 Å². The van der Waals surface area contributed by atoms with Crippen LogP contribution in [0, 0.1) is 6.92 Å². The lowest BCUT2D eigenvalue weighted by atomic mass is 10.1. The fraction of sp³-hybridized carbons (Fsp3) is 0.600. The van der Waals surface area contributed by atoms with Gasteiger partial charge in [-0.15, -0.1) is 11.6 Å². The number of hydrogen-bond donors (Lipinski definition) is 0. The van der Waals surface area contributed by atoms with Crippen LogP contribution in [0.3, 0.4) is 0 Å². The number of fused-ring (bicyclic) bond motifs is 1. The predicted octanol–water partition coefficient (Wildman–Crippen LogP) is 4.33. The lowest BCUT2D eigenvalue weighted by Gasteiger charge is -2.24. The fourth-order valence-corrected chi connectivity index (χ4v) is 4.37. The van der Waals surface area contributed by atoms with Crippen LogP contribution in [0.5, 0.6) is 0 Å². The Kier molecular flexibility index (Phi) is 3.71. The minimum atomic E-state index is -0.0985. The van der Waals surface area contributed by atoms with E-state index in [4.69, 9.17) is 16.6 Å². The molecule has 2 unspecified atom stereocenters. The molecule has 2 aromatic rings. The molecule has 1 aliphatic heterocycles. The SMILES string of the molecule is Cc1ccnc2c1nc(C(C)Cl)n2CC1(C)CCCS1. The zero-order chi connectivity index (χ0) is 14.3. The number of nitrogens with zero attached hydrogens (tertiary/aromatic N) is 3. The highest BCUT2D eigenvalue weighted by Gasteiger charge is 2.32. The third-order valence-corrected chi connectivity index (χ3v) is 5.73. The van der Waals surface area contributed by atoms with Gasteiger partial charge in [-0.2, -0.15) is 11.8 Å². The maximum absolute atomic E-state index is 6.35. The smallest absolute Gasteiger partial charge is 0.160 e. The van der Waals surface area contributed by atoms with E-state index >= 15 is 0 Å². The minimum Gasteiger partial charge on any atom is -0.310 e. The molecule has 5 heteroatoms. The second-order valence-corrected chi connectivity index (χ2v) is 8.21. The van der Waals surface area contributed by atoms with Crippen LogP contribution in [-0.4, -0.2) is 25.0 Å². The second-order valence-electron chi connectivity index (χ2n) is 5.87. The number of imidazole rings is 1. The quantitative estimate of drug-likeness (QED) is 0.791. The first kappa shape index (κ1) is 14.2. The molecule has 3 nitrogen and oxygen atoms in total. The monoisotopic (exact) mass is 309 g/mol. The summed E-state index contributed by atoms with van der Waals surface area (Å²) in [6.45, 7) is 7.35. The van der Waals surface area contributed by atoms with Crippen LogP contribution in [0.4, 0.5) is 0 Å². The average molecular weight is 310 g/mol. The number of halogens is 1. The van der Waals surface area contributed by atoms with Gasteiger partial charge < -0.3 is 4.57 Å². The van der Waals surface area contributed by atoms with Crippen molar-refractivity contribution in [3.8, 4) is 0 Å². The number of rotatable bonds is 3. The van der Waals surface area contributed by atoms with Crippen LogP contribution in [0.25, 0.3) is 11.2 Å². The van der Waals surface area contributed by atoms with Crippen molar-refractivity contribution >= 4 is 34.5 Å². The summed E-state index contributed by atoms with van der Waals surface area (Å²) in [5, 5.41) is -0.0985. The molecule has 3 rings (SSSR count). The molecule has 1 fully saturated rings. The van der Waals surface area contributed by atoms with Crippen molar-refractivity contribution in [2.75, 3.05) is 5.75 Å². The third kappa shape index (κ3) is 2.44. The molecule has 1 aliphatic rings. The highest BCUT2D eigenvalue weighted by Crippen LogP contribution is 2.40. The van der Waals surface area contributed by atoms with E-state index in [-0.39, 0.29) is 10.1 Å². The van der Waals surface area contributed by atoms with Crippen molar-refractivity contribution in [3.05, 3.63) is 23.7 Å². The molecule has 108 valence electrons. The van der Waals surface area contributed by atoms with Gasteiger partial charge >= 0.3 is 0 Å². The van der Waals surface area contributed by atoms with Crippen LogP contribution < -0.4 is 0 Å². The van der Waals surface area contributed by atoms with E-state index in [1.165, 1.54) is 18.6 Å². The first-order valence-electron chi connectivity index (χ1n) is 7.10. The van der Waals surface area contributed by atoms with Crippen molar-refractivity contribution in [2.24, 2.45) is 0 Å². The normalized spacial score (nSPS) is 24.4. The Hall–Kier alpha value is -0.740. The number of alkyl halides is 1. The molecule has 0 spiro atoms. The van der Waals surface area contributed by atoms with Gasteiger partial charge in [0.05, 0.1) is 5.38 Å². The van der Waals surface area contributed by atoms with E-state index in [9.17, 15) is 0 Å². The third-order valence-electron chi connectivity index (χ3n) is 4.01. The van der Waals surface area contributed by atoms with Crippen molar-refractivity contribution in [1.29, 1.82) is 0 Å². The maximum atomic E-state index is 6.35. The van der Waals surface area contributed by atoms with Gasteiger partial charge in [-0.1, -0.05) is 0 Å². The molecule has 0 bridgehead atoms. The lowest BCUT2D eigenvalue weighted by molar-refractivity contribution is 0.504. The van der Waals surface area contributed by atoms with Gasteiger partial charge in [0, 0.05) is 17.5 Å². The summed E-state index contributed by atoms with van der Waals surface area (Å²) in [6, 6.07) is 2.01. The van der Waals surface area contributed by atoms with Crippen LogP contribution in [-0.2, 0) is 6.54 Å². The van der Waals surface area contributed by atoms with Gasteiger partial charge in [0.25, 0.3) is 0 Å². The van der Waals surface area contributed by atoms with Gasteiger partial charge in [-0.3, -0.25) is 0 Å². The topological polar surface area (TPSA) is 30.7 Å². The van der Waals surface area contributed by atoms with E-state index in [2.05, 4.69) is 35.2 Å². The fourth-order valence-electron chi connectivity index (χ4n) is 2.91. The Labute approximate surface area is 129 Å². The molecule has 0 N–H and O–H groups in total. The molecule has 0 saturated carbocycles. The molecule has 2 aromatic heterocycles. The molecule has 0 radical (unpaired) electrons. The number of hydrogen-bond acceptors (Lipinski definition) is 3. The summed E-state index contributed by atoms with van der Waals surface area (Å²) in [7, 11) is 0. The summed E-state index contributed by atoms with van der Waals surface area (Å²) < 4.78 is 2.51. The van der Waals surface area contributed by atoms with E-state index in [1.54, 1.807) is 0 Å². The Balaban J connectivity index is 2.12. The van der Waals surface area contributed by atoms with Crippen LogP contribution in [0.2, 0.25) is 0 Å². The highest BCUT2D eigenvalue weighted by atomic mass is 35.5. The van der Waals surface area contributed by atoms with Gasteiger partial charge in [0.15, 0.2) is 5.65 Å². The van der Waals surface area contributed by atoms with E-state index in [1.807, 2.05) is 19.2 Å². The Morgan fingerprint density at radius 1 is 1.55 bits per heavy atom. The molecule has 3 heterocycles. The standard InChI is InChI=1S/C15H20ClN3S/c1-10-5-7-17-14-12(10)18-13(11(2)16)19(14)9-15(3)6-4-8-20-15/h5,7,11H,4,6,8-9H2,1-3H3. The minimum absolute atomic E-state index is 0.0985. The van der Waals surface area contributed by atoms with Gasteiger partial charge in [0.2, 0.25) is 0 Å².